The Bertz CT molecular complexity index is 499. The molecule has 0 radical (unpaired) electrons. The number of carbonyl (C=O) groups is 2. The van der Waals surface area contributed by atoms with Crippen LogP contribution in [0.15, 0.2) is 6.07 Å². The summed E-state index contributed by atoms with van der Waals surface area (Å²) in [4.78, 5) is 28.0. The number of hydrogen-bond donors (Lipinski definition) is 0. The Hall–Kier alpha value is -1.95. The van der Waals surface area contributed by atoms with Crippen LogP contribution in [0.3, 0.4) is 0 Å². The topological polar surface area (TPSA) is 74.7 Å². The van der Waals surface area contributed by atoms with Gasteiger partial charge in [0.05, 0.1) is 31.1 Å². The highest BCUT2D eigenvalue weighted by Gasteiger charge is 2.23. The number of carbonyl (C=O) groups excluding carboxylic acids is 2. The van der Waals surface area contributed by atoms with E-state index in [0.717, 1.165) is 5.56 Å². The molecule has 1 aromatic heterocycles. The molecule has 0 N–H and O–H groups in total. The van der Waals surface area contributed by atoms with E-state index in [4.69, 9.17) is 14.2 Å². The molecule has 6 heteroatoms. The second-order valence-corrected chi connectivity index (χ2v) is 4.02. The minimum atomic E-state index is -0.645. The number of aryl methyl sites for hydroxylation is 1. The van der Waals surface area contributed by atoms with Crippen LogP contribution in [-0.4, -0.2) is 37.2 Å². The van der Waals surface area contributed by atoms with Crippen molar-refractivity contribution in [3.05, 3.63) is 28.6 Å². The van der Waals surface area contributed by atoms with Gasteiger partial charge in [-0.25, -0.2) is 14.6 Å². The summed E-state index contributed by atoms with van der Waals surface area (Å²) in [5.41, 5.74) is 1.41. The lowest BCUT2D eigenvalue weighted by Crippen LogP contribution is -2.18. The van der Waals surface area contributed by atoms with Gasteiger partial charge in [-0.2, -0.15) is 0 Å². The number of esters is 2. The van der Waals surface area contributed by atoms with Gasteiger partial charge in [-0.3, -0.25) is 0 Å². The average Bonchev–Trinajstić information content (AvgIpc) is 2.41. The Morgan fingerprint density at radius 2 is 1.75 bits per heavy atom. The molecular formula is C14H19NO5. The number of ether oxygens (including phenoxy) is 3. The fourth-order valence-corrected chi connectivity index (χ4v) is 1.65. The maximum Gasteiger partial charge on any atom is 0.357 e. The van der Waals surface area contributed by atoms with E-state index in [1.165, 1.54) is 7.11 Å². The molecule has 0 aliphatic carbocycles. The van der Waals surface area contributed by atoms with Crippen LogP contribution < -0.4 is 0 Å². The predicted octanol–water partition coefficient (Wildman–Crippen LogP) is 1.89. The quantitative estimate of drug-likeness (QED) is 0.741. The van der Waals surface area contributed by atoms with Crippen LogP contribution in [0.2, 0.25) is 0 Å². The van der Waals surface area contributed by atoms with Crippen LogP contribution in [0.5, 0.6) is 0 Å². The summed E-state index contributed by atoms with van der Waals surface area (Å²) in [5, 5.41) is 0. The molecular weight excluding hydrogens is 262 g/mol. The lowest BCUT2D eigenvalue weighted by molar-refractivity contribution is 0.0472. The molecule has 0 unspecified atom stereocenters. The minimum Gasteiger partial charge on any atom is -0.462 e. The molecule has 0 saturated carbocycles. The van der Waals surface area contributed by atoms with E-state index in [0.29, 0.717) is 5.69 Å². The predicted molar refractivity (Wildman–Crippen MR) is 71.6 cm³/mol. The van der Waals surface area contributed by atoms with Crippen molar-refractivity contribution in [3.63, 3.8) is 0 Å². The standard InChI is InChI=1S/C14H19NO5/c1-5-19-13(16)10-7-9(3)11(8-18-4)15-12(10)14(17)20-6-2/h7H,5-6,8H2,1-4H3. The molecule has 0 aliphatic rings. The molecule has 20 heavy (non-hydrogen) atoms. The molecule has 0 amide bonds. The summed E-state index contributed by atoms with van der Waals surface area (Å²) in [7, 11) is 1.53. The van der Waals surface area contributed by atoms with Crippen molar-refractivity contribution in [1.82, 2.24) is 4.98 Å². The van der Waals surface area contributed by atoms with E-state index in [2.05, 4.69) is 4.98 Å². The van der Waals surface area contributed by atoms with E-state index < -0.39 is 11.9 Å². The van der Waals surface area contributed by atoms with Crippen LogP contribution >= 0.6 is 0 Å². The summed E-state index contributed by atoms with van der Waals surface area (Å²) >= 11 is 0. The molecule has 0 bridgehead atoms. The molecule has 0 saturated heterocycles. The lowest BCUT2D eigenvalue weighted by atomic mass is 10.1. The molecule has 0 spiro atoms. The highest BCUT2D eigenvalue weighted by Crippen LogP contribution is 2.16. The highest BCUT2D eigenvalue weighted by atomic mass is 16.5. The van der Waals surface area contributed by atoms with Gasteiger partial charge >= 0.3 is 11.9 Å². The first-order chi connectivity index (χ1) is 9.54. The fraction of sp³-hybridized carbons (Fsp3) is 0.500. The van der Waals surface area contributed by atoms with Gasteiger partial charge in [-0.15, -0.1) is 0 Å². The highest BCUT2D eigenvalue weighted by molar-refractivity contribution is 6.02. The SMILES string of the molecule is CCOC(=O)c1cc(C)c(COC)nc1C(=O)OCC. The fourth-order valence-electron chi connectivity index (χ4n) is 1.65. The van der Waals surface area contributed by atoms with Crippen LogP contribution in [0.25, 0.3) is 0 Å². The molecule has 0 fully saturated rings. The van der Waals surface area contributed by atoms with Crippen LogP contribution in [0, 0.1) is 6.92 Å². The second kappa shape index (κ2) is 7.59. The van der Waals surface area contributed by atoms with Gasteiger partial charge in [0, 0.05) is 7.11 Å². The van der Waals surface area contributed by atoms with E-state index in [1.54, 1.807) is 26.8 Å². The maximum absolute atomic E-state index is 11.9. The van der Waals surface area contributed by atoms with Gasteiger partial charge in [-0.05, 0) is 32.4 Å². The van der Waals surface area contributed by atoms with Crippen molar-refractivity contribution in [2.45, 2.75) is 27.4 Å². The second-order valence-electron chi connectivity index (χ2n) is 4.02. The van der Waals surface area contributed by atoms with E-state index in [9.17, 15) is 9.59 Å². The first kappa shape index (κ1) is 16.1. The van der Waals surface area contributed by atoms with E-state index >= 15 is 0 Å². The summed E-state index contributed by atoms with van der Waals surface area (Å²) < 4.78 is 14.9. The van der Waals surface area contributed by atoms with Gasteiger partial charge in [0.1, 0.15) is 0 Å². The van der Waals surface area contributed by atoms with Crippen molar-refractivity contribution in [1.29, 1.82) is 0 Å². The third-order valence-corrected chi connectivity index (χ3v) is 2.56. The first-order valence-electron chi connectivity index (χ1n) is 6.38. The van der Waals surface area contributed by atoms with Crippen LogP contribution in [0.1, 0.15) is 46.0 Å². The Balaban J connectivity index is 3.29. The zero-order valence-corrected chi connectivity index (χ0v) is 12.2. The van der Waals surface area contributed by atoms with Gasteiger partial charge in [0.25, 0.3) is 0 Å². The summed E-state index contributed by atoms with van der Waals surface area (Å²) in [6.07, 6.45) is 0. The molecule has 0 atom stereocenters. The minimum absolute atomic E-state index is 0.0389. The van der Waals surface area contributed by atoms with Crippen LogP contribution in [-0.2, 0) is 20.8 Å². The van der Waals surface area contributed by atoms with E-state index in [1.807, 2.05) is 0 Å². The molecule has 0 aliphatic heterocycles. The summed E-state index contributed by atoms with van der Waals surface area (Å²) in [6.45, 7) is 5.85. The monoisotopic (exact) mass is 281 g/mol. The number of nitrogens with zero attached hydrogens (tertiary/aromatic N) is 1. The van der Waals surface area contributed by atoms with Crippen molar-refractivity contribution in [2.75, 3.05) is 20.3 Å². The molecule has 1 rings (SSSR count). The van der Waals surface area contributed by atoms with Gasteiger partial charge < -0.3 is 14.2 Å². The zero-order valence-electron chi connectivity index (χ0n) is 12.2. The van der Waals surface area contributed by atoms with Crippen molar-refractivity contribution < 1.29 is 23.8 Å². The van der Waals surface area contributed by atoms with Crippen molar-refractivity contribution in [3.8, 4) is 0 Å². The van der Waals surface area contributed by atoms with Crippen molar-refractivity contribution in [2.24, 2.45) is 0 Å². The Morgan fingerprint density at radius 1 is 1.15 bits per heavy atom. The first-order valence-corrected chi connectivity index (χ1v) is 6.38. The Labute approximate surface area is 118 Å². The summed E-state index contributed by atoms with van der Waals surface area (Å²) in [6, 6.07) is 1.58. The van der Waals surface area contributed by atoms with E-state index in [-0.39, 0.29) is 31.1 Å². The lowest BCUT2D eigenvalue weighted by Gasteiger charge is -2.11. The molecule has 0 aromatic carbocycles. The normalized spacial score (nSPS) is 10.2. The third-order valence-electron chi connectivity index (χ3n) is 2.56. The van der Waals surface area contributed by atoms with Crippen LogP contribution in [0.4, 0.5) is 0 Å². The maximum atomic E-state index is 11.9. The number of methoxy groups -OCH3 is 1. The van der Waals surface area contributed by atoms with Crippen molar-refractivity contribution >= 4 is 11.9 Å². The molecule has 6 nitrogen and oxygen atoms in total. The molecule has 1 heterocycles. The smallest absolute Gasteiger partial charge is 0.357 e. The number of pyridine rings is 1. The number of aromatic nitrogens is 1. The number of hydrogen-bond acceptors (Lipinski definition) is 6. The molecule has 110 valence electrons. The van der Waals surface area contributed by atoms with Gasteiger partial charge in [0.15, 0.2) is 5.69 Å². The average molecular weight is 281 g/mol. The Morgan fingerprint density at radius 3 is 2.30 bits per heavy atom. The largest absolute Gasteiger partial charge is 0.462 e. The Kier molecular flexibility index (Phi) is 6.11. The number of rotatable bonds is 6. The summed E-state index contributed by atoms with van der Waals surface area (Å²) in [5.74, 6) is -1.23. The zero-order chi connectivity index (χ0) is 15.1. The van der Waals surface area contributed by atoms with Gasteiger partial charge in [0.2, 0.25) is 0 Å². The van der Waals surface area contributed by atoms with Gasteiger partial charge in [-0.1, -0.05) is 0 Å². The molecule has 1 aromatic rings. The third kappa shape index (κ3) is 3.77.